The number of nitrogens with two attached hydrogens (primary N) is 1. The van der Waals surface area contributed by atoms with E-state index >= 15 is 0 Å². The van der Waals surface area contributed by atoms with Crippen molar-refractivity contribution in [1.82, 2.24) is 20.1 Å². The lowest BCUT2D eigenvalue weighted by Gasteiger charge is -2.14. The minimum Gasteiger partial charge on any atom is -0.349 e. The maximum absolute atomic E-state index is 12.2. The zero-order valence-corrected chi connectivity index (χ0v) is 16.2. The van der Waals surface area contributed by atoms with Crippen LogP contribution < -0.4 is 10.5 Å². The van der Waals surface area contributed by atoms with Crippen molar-refractivity contribution in [2.24, 2.45) is 12.2 Å². The van der Waals surface area contributed by atoms with E-state index in [1.54, 1.807) is 12.1 Å². The highest BCUT2D eigenvalue weighted by atomic mass is 32.2. The Morgan fingerprint density at radius 2 is 2.00 bits per heavy atom. The number of nitrogens with one attached hydrogen (secondary N) is 1. The summed E-state index contributed by atoms with van der Waals surface area (Å²) in [6.45, 7) is 1.84. The van der Waals surface area contributed by atoms with Crippen LogP contribution in [-0.4, -0.2) is 34.8 Å². The van der Waals surface area contributed by atoms with E-state index < -0.39 is 10.0 Å². The molecule has 1 aromatic carbocycles. The molecule has 1 aliphatic carbocycles. The summed E-state index contributed by atoms with van der Waals surface area (Å²) in [4.78, 5) is 12.2. The van der Waals surface area contributed by atoms with Crippen LogP contribution in [-0.2, 0) is 21.9 Å². The van der Waals surface area contributed by atoms with Crippen molar-refractivity contribution in [3.8, 4) is 0 Å². The molecule has 3 N–H and O–H groups in total. The lowest BCUT2D eigenvalue weighted by Crippen LogP contribution is -2.28. The number of sulfonamides is 1. The first kappa shape index (κ1) is 18.9. The summed E-state index contributed by atoms with van der Waals surface area (Å²) in [5, 5.41) is 17.0. The van der Waals surface area contributed by atoms with E-state index in [0.717, 1.165) is 29.4 Å². The first-order valence-corrected chi connectivity index (χ1v) is 10.7. The van der Waals surface area contributed by atoms with Gasteiger partial charge in [0.25, 0.3) is 0 Å². The Bertz CT molecular complexity index is 904. The highest BCUT2D eigenvalue weighted by Gasteiger charge is 2.29. The number of hydrogen-bond acceptors (Lipinski definition) is 6. The third-order valence-electron chi connectivity index (χ3n) is 4.23. The van der Waals surface area contributed by atoms with Crippen molar-refractivity contribution in [2.75, 3.05) is 5.75 Å². The van der Waals surface area contributed by atoms with Crippen molar-refractivity contribution in [2.45, 2.75) is 41.8 Å². The van der Waals surface area contributed by atoms with Gasteiger partial charge in [-0.3, -0.25) is 4.79 Å². The molecule has 0 bridgehead atoms. The normalized spacial score (nSPS) is 15.7. The van der Waals surface area contributed by atoms with Crippen molar-refractivity contribution in [1.29, 1.82) is 0 Å². The van der Waals surface area contributed by atoms with Gasteiger partial charge in [-0.05, 0) is 37.5 Å². The second-order valence-electron chi connectivity index (χ2n) is 6.37. The number of thioether (sulfide) groups is 1. The molecule has 26 heavy (non-hydrogen) atoms. The van der Waals surface area contributed by atoms with Gasteiger partial charge in [-0.15, -0.1) is 10.2 Å². The Kier molecular flexibility index (Phi) is 5.35. The predicted octanol–water partition coefficient (Wildman–Crippen LogP) is 1.31. The Labute approximate surface area is 156 Å². The monoisotopic (exact) mass is 395 g/mol. The van der Waals surface area contributed by atoms with Crippen LogP contribution in [0.3, 0.4) is 0 Å². The van der Waals surface area contributed by atoms with E-state index in [0.29, 0.717) is 5.92 Å². The van der Waals surface area contributed by atoms with Gasteiger partial charge in [0.05, 0.1) is 16.7 Å². The number of carbonyl (C=O) groups excluding carboxylic acids is 1. The largest absolute Gasteiger partial charge is 0.349 e. The summed E-state index contributed by atoms with van der Waals surface area (Å²) in [6.07, 6.45) is 2.30. The molecule has 1 amide bonds. The minimum atomic E-state index is -3.72. The highest BCUT2D eigenvalue weighted by molar-refractivity contribution is 7.99. The van der Waals surface area contributed by atoms with Gasteiger partial charge in [-0.2, -0.15) is 0 Å². The standard InChI is InChI=1S/C16H21N5O3S2/c1-10(11-5-7-13(8-6-11)26(17,23)24)18-14(22)9-25-16-20-19-15(21(16)2)12-3-4-12/h5-8,10,12H,3-4,9H2,1-2H3,(H,18,22)(H2,17,23,24)/t10-/m1/s1. The summed E-state index contributed by atoms with van der Waals surface area (Å²) in [5.74, 6) is 1.59. The van der Waals surface area contributed by atoms with Gasteiger partial charge in [0.15, 0.2) is 5.16 Å². The summed E-state index contributed by atoms with van der Waals surface area (Å²) in [7, 11) is -1.80. The highest BCUT2D eigenvalue weighted by Crippen LogP contribution is 2.39. The fraction of sp³-hybridized carbons (Fsp3) is 0.438. The van der Waals surface area contributed by atoms with E-state index in [9.17, 15) is 13.2 Å². The van der Waals surface area contributed by atoms with Gasteiger partial charge >= 0.3 is 0 Å². The van der Waals surface area contributed by atoms with Crippen molar-refractivity contribution in [3.05, 3.63) is 35.7 Å². The van der Waals surface area contributed by atoms with Gasteiger partial charge in [-0.1, -0.05) is 23.9 Å². The van der Waals surface area contributed by atoms with E-state index in [4.69, 9.17) is 5.14 Å². The summed E-state index contributed by atoms with van der Waals surface area (Å²) < 4.78 is 24.5. The number of benzene rings is 1. The van der Waals surface area contributed by atoms with Crippen molar-refractivity contribution < 1.29 is 13.2 Å². The molecule has 0 radical (unpaired) electrons. The molecule has 1 atom stereocenters. The van der Waals surface area contributed by atoms with Gasteiger partial charge in [0.1, 0.15) is 5.82 Å². The fourth-order valence-electron chi connectivity index (χ4n) is 2.59. The minimum absolute atomic E-state index is 0.0454. The Morgan fingerprint density at radius 1 is 1.35 bits per heavy atom. The third-order valence-corrected chi connectivity index (χ3v) is 6.18. The number of carbonyl (C=O) groups is 1. The van der Waals surface area contributed by atoms with Gasteiger partial charge in [-0.25, -0.2) is 13.6 Å². The molecule has 0 unspecified atom stereocenters. The molecule has 3 rings (SSSR count). The summed E-state index contributed by atoms with van der Waals surface area (Å²) >= 11 is 1.35. The molecule has 1 aromatic heterocycles. The lowest BCUT2D eigenvalue weighted by atomic mass is 10.1. The zero-order valence-electron chi connectivity index (χ0n) is 14.5. The third kappa shape index (κ3) is 4.43. The molecule has 1 heterocycles. The van der Waals surface area contributed by atoms with Crippen LogP contribution in [0.4, 0.5) is 0 Å². The number of amides is 1. The first-order chi connectivity index (χ1) is 12.3. The second kappa shape index (κ2) is 7.37. The average molecular weight is 396 g/mol. The summed E-state index contributed by atoms with van der Waals surface area (Å²) in [6, 6.07) is 5.89. The quantitative estimate of drug-likeness (QED) is 0.682. The average Bonchev–Trinajstić information content (AvgIpc) is 3.36. The zero-order chi connectivity index (χ0) is 18.9. The number of hydrogen-bond donors (Lipinski definition) is 2. The molecular formula is C16H21N5O3S2. The molecule has 0 saturated heterocycles. The molecule has 0 aliphatic heterocycles. The summed E-state index contributed by atoms with van der Waals surface area (Å²) in [5.41, 5.74) is 0.797. The van der Waals surface area contributed by atoms with Crippen molar-refractivity contribution in [3.63, 3.8) is 0 Å². The van der Waals surface area contributed by atoms with Crippen LogP contribution in [0.15, 0.2) is 34.3 Å². The number of nitrogens with zero attached hydrogens (tertiary/aromatic N) is 3. The van der Waals surface area contributed by atoms with E-state index in [-0.39, 0.29) is 22.6 Å². The van der Waals surface area contributed by atoms with Gasteiger partial charge in [0.2, 0.25) is 15.9 Å². The molecule has 1 fully saturated rings. The van der Waals surface area contributed by atoms with E-state index in [1.807, 2.05) is 18.5 Å². The molecule has 140 valence electrons. The second-order valence-corrected chi connectivity index (χ2v) is 8.87. The Morgan fingerprint density at radius 3 is 2.58 bits per heavy atom. The predicted molar refractivity (Wildman–Crippen MR) is 98.1 cm³/mol. The molecule has 2 aromatic rings. The lowest BCUT2D eigenvalue weighted by molar-refractivity contribution is -0.119. The smallest absolute Gasteiger partial charge is 0.238 e. The molecule has 8 nitrogen and oxygen atoms in total. The number of primary sulfonamides is 1. The first-order valence-electron chi connectivity index (χ1n) is 8.20. The molecule has 1 saturated carbocycles. The maximum Gasteiger partial charge on any atom is 0.238 e. The molecule has 10 heteroatoms. The van der Waals surface area contributed by atoms with Crippen LogP contribution >= 0.6 is 11.8 Å². The van der Waals surface area contributed by atoms with Crippen LogP contribution in [0, 0.1) is 0 Å². The number of rotatable bonds is 7. The number of aromatic nitrogens is 3. The van der Waals surface area contributed by atoms with Crippen LogP contribution in [0.5, 0.6) is 0 Å². The molecular weight excluding hydrogens is 374 g/mol. The van der Waals surface area contributed by atoms with Crippen LogP contribution in [0.2, 0.25) is 0 Å². The van der Waals surface area contributed by atoms with Gasteiger partial charge < -0.3 is 9.88 Å². The SMILES string of the molecule is C[C@@H](NC(=O)CSc1nnc(C2CC2)n1C)c1ccc(S(N)(=O)=O)cc1. The van der Waals surface area contributed by atoms with Crippen LogP contribution in [0.1, 0.15) is 43.1 Å². The van der Waals surface area contributed by atoms with Crippen molar-refractivity contribution >= 4 is 27.7 Å². The molecule has 1 aliphatic rings. The maximum atomic E-state index is 12.2. The Hall–Kier alpha value is -1.91. The molecule has 0 spiro atoms. The topological polar surface area (TPSA) is 120 Å². The van der Waals surface area contributed by atoms with E-state index in [2.05, 4.69) is 15.5 Å². The fourth-order valence-corrected chi connectivity index (χ4v) is 3.84. The van der Waals surface area contributed by atoms with Gasteiger partial charge in [0, 0.05) is 13.0 Å². The Balaban J connectivity index is 1.54. The van der Waals surface area contributed by atoms with E-state index in [1.165, 1.54) is 23.9 Å². The van der Waals surface area contributed by atoms with Crippen LogP contribution in [0.25, 0.3) is 0 Å².